The topological polar surface area (TPSA) is 17.1 Å². The van der Waals surface area contributed by atoms with E-state index in [-0.39, 0.29) is 69.0 Å². The van der Waals surface area contributed by atoms with Gasteiger partial charge in [0.05, 0.1) is 0 Å². The van der Waals surface area contributed by atoms with Crippen LogP contribution in [0.1, 0.15) is 0 Å². The molecule has 0 amide bonds. The van der Waals surface area contributed by atoms with Gasteiger partial charge in [0.2, 0.25) is 0 Å². The van der Waals surface area contributed by atoms with Crippen LogP contribution in [0.25, 0.3) is 0 Å². The van der Waals surface area contributed by atoms with Crippen molar-refractivity contribution in [2.24, 2.45) is 0 Å². The Morgan fingerprint density at radius 3 is 1.00 bits per heavy atom. The van der Waals surface area contributed by atoms with Gasteiger partial charge in [-0.3, -0.25) is 0 Å². The van der Waals surface area contributed by atoms with E-state index in [9.17, 15) is 0 Å². The average Bonchev–Trinajstić information content (AvgIpc) is 1.00. The van der Waals surface area contributed by atoms with Gasteiger partial charge in [-0.2, -0.15) is 0 Å². The molecule has 0 aliphatic rings. The van der Waals surface area contributed by atoms with Gasteiger partial charge in [-0.25, -0.2) is 0 Å². The average molecular weight is 479 g/mol. The molecule has 5 heavy (non-hydrogen) atoms. The smallest absolute Gasteiger partial charge is 1.00 e. The van der Waals surface area contributed by atoms with Gasteiger partial charge < -0.3 is 52.7 Å². The van der Waals surface area contributed by atoms with E-state index < -0.39 is 0 Å². The van der Waals surface area contributed by atoms with Gasteiger partial charge in [-0.05, 0) is 0 Å². The molecule has 0 aromatic rings. The molecule has 0 bridgehead atoms. The Kier molecular flexibility index (Phi) is 237. The zero-order valence-corrected chi connectivity index (χ0v) is 8.77. The molecular formula is CH2I2OPt. The molecule has 0 aliphatic heterocycles. The van der Waals surface area contributed by atoms with Gasteiger partial charge in [-0.15, -0.1) is 0 Å². The van der Waals surface area contributed by atoms with E-state index in [1.165, 1.54) is 0 Å². The second-order valence-electron chi connectivity index (χ2n) is 0. The van der Waals surface area contributed by atoms with Gasteiger partial charge in [0.1, 0.15) is 6.79 Å². The maximum atomic E-state index is 8.00. The molecule has 0 aromatic heterocycles. The van der Waals surface area contributed by atoms with Crippen LogP contribution in [0.15, 0.2) is 0 Å². The predicted octanol–water partition coefficient (Wildman–Crippen LogP) is -6.18. The first-order valence-corrected chi connectivity index (χ1v) is 0.289. The van der Waals surface area contributed by atoms with Crippen LogP contribution >= 0.6 is 0 Å². The minimum Gasteiger partial charge on any atom is -1.00 e. The van der Waals surface area contributed by atoms with E-state index in [0.29, 0.717) is 0 Å². The summed E-state index contributed by atoms with van der Waals surface area (Å²) < 4.78 is 0. The first-order chi connectivity index (χ1) is 1.00. The number of carbonyl (C=O) groups excluding carboxylic acids is 1. The summed E-state index contributed by atoms with van der Waals surface area (Å²) in [5, 5.41) is 0. The molecule has 0 fully saturated rings. The molecule has 4 heteroatoms. The molecule has 0 aliphatic carbocycles. The van der Waals surface area contributed by atoms with Crippen LogP contribution in [0.2, 0.25) is 0 Å². The van der Waals surface area contributed by atoms with Gasteiger partial charge in [0.15, 0.2) is 0 Å². The van der Waals surface area contributed by atoms with E-state index in [2.05, 4.69) is 0 Å². The van der Waals surface area contributed by atoms with Crippen molar-refractivity contribution in [2.45, 2.75) is 0 Å². The van der Waals surface area contributed by atoms with E-state index in [1.807, 2.05) is 6.79 Å². The number of hydrogen-bond donors (Lipinski definition) is 0. The molecule has 0 unspecified atom stereocenters. The van der Waals surface area contributed by atoms with Crippen molar-refractivity contribution in [1.82, 2.24) is 0 Å². The van der Waals surface area contributed by atoms with Gasteiger partial charge in [-0.1, -0.05) is 0 Å². The first kappa shape index (κ1) is 29.1. The molecule has 0 atom stereocenters. The molecule has 0 saturated carbocycles. The summed E-state index contributed by atoms with van der Waals surface area (Å²) in [6, 6.07) is 0. The van der Waals surface area contributed by atoms with Crippen LogP contribution in [-0.4, -0.2) is 6.79 Å². The van der Waals surface area contributed by atoms with Crippen molar-refractivity contribution in [3.8, 4) is 0 Å². The van der Waals surface area contributed by atoms with E-state index in [4.69, 9.17) is 4.79 Å². The summed E-state index contributed by atoms with van der Waals surface area (Å²) in [5.41, 5.74) is 0. The third kappa shape index (κ3) is 25.7. The molecule has 0 spiro atoms. The monoisotopic (exact) mass is 479 g/mol. The second kappa shape index (κ2) is 40.9. The zero-order valence-electron chi connectivity index (χ0n) is 2.19. The molecule has 0 radical (unpaired) electrons. The Bertz CT molecular complexity index is 9.61. The van der Waals surface area contributed by atoms with Crippen molar-refractivity contribution in [3.05, 3.63) is 0 Å². The molecule has 1 nitrogen and oxygen atoms in total. The fraction of sp³-hybridized carbons (Fsp3) is 0. The second-order valence-corrected chi connectivity index (χ2v) is 0. The number of hydrogen-bond acceptors (Lipinski definition) is 1. The Hall–Kier alpha value is 1.82. The van der Waals surface area contributed by atoms with Crippen molar-refractivity contribution in [2.75, 3.05) is 0 Å². The number of carbonyl (C=O) groups is 1. The summed E-state index contributed by atoms with van der Waals surface area (Å²) in [6.45, 7) is 2.00. The fourth-order valence-electron chi connectivity index (χ4n) is 0. The Labute approximate surface area is 79.6 Å². The summed E-state index contributed by atoms with van der Waals surface area (Å²) in [5.74, 6) is 0. The normalized spacial score (nSPS) is 0.800. The van der Waals surface area contributed by atoms with E-state index >= 15 is 0 Å². The van der Waals surface area contributed by atoms with Gasteiger partial charge in [0.25, 0.3) is 0 Å². The van der Waals surface area contributed by atoms with Crippen LogP contribution in [-0.2, 0) is 25.9 Å². The van der Waals surface area contributed by atoms with Crippen LogP contribution in [0.4, 0.5) is 0 Å². The van der Waals surface area contributed by atoms with Crippen LogP contribution in [0, 0.1) is 0 Å². The first-order valence-electron chi connectivity index (χ1n) is 0.289. The third-order valence-corrected chi connectivity index (χ3v) is 0. The minimum atomic E-state index is 0. The summed E-state index contributed by atoms with van der Waals surface area (Å²) >= 11 is 0. The molecule has 0 heterocycles. The summed E-state index contributed by atoms with van der Waals surface area (Å²) in [6.07, 6.45) is 0. The third-order valence-electron chi connectivity index (χ3n) is 0. The van der Waals surface area contributed by atoms with E-state index in [0.717, 1.165) is 0 Å². The molecule has 0 aromatic carbocycles. The van der Waals surface area contributed by atoms with Gasteiger partial charge >= 0.3 is 21.1 Å². The van der Waals surface area contributed by atoms with Crippen molar-refractivity contribution >= 4 is 6.79 Å². The minimum absolute atomic E-state index is 0. The Morgan fingerprint density at radius 1 is 1.00 bits per heavy atom. The Balaban J connectivity index is -0.00000000167. The SMILES string of the molecule is C=O.[I-].[I-].[Pt+2]. The van der Waals surface area contributed by atoms with Crippen LogP contribution in [0.5, 0.6) is 0 Å². The van der Waals surface area contributed by atoms with Crippen molar-refractivity contribution in [3.63, 3.8) is 0 Å². The van der Waals surface area contributed by atoms with E-state index in [1.54, 1.807) is 0 Å². The standard InChI is InChI=1S/CH2O.2HI.Pt/c1-2;;;/h1H2;2*1H;/q;;;+2/p-2. The summed E-state index contributed by atoms with van der Waals surface area (Å²) in [4.78, 5) is 8.00. The van der Waals surface area contributed by atoms with Crippen LogP contribution in [0.3, 0.4) is 0 Å². The molecule has 0 N–H and O–H groups in total. The number of halogens is 2. The zero-order chi connectivity index (χ0) is 2.00. The summed E-state index contributed by atoms with van der Waals surface area (Å²) in [7, 11) is 0. The molecular weight excluding hydrogens is 477 g/mol. The molecule has 36 valence electrons. The fourth-order valence-corrected chi connectivity index (χ4v) is 0. The molecule has 0 rings (SSSR count). The maximum absolute atomic E-state index is 8.00. The Morgan fingerprint density at radius 2 is 1.00 bits per heavy atom. The molecule has 0 saturated heterocycles. The van der Waals surface area contributed by atoms with Gasteiger partial charge in [0, 0.05) is 0 Å². The van der Waals surface area contributed by atoms with Crippen molar-refractivity contribution < 1.29 is 73.8 Å². The largest absolute Gasteiger partial charge is 2.00 e. The van der Waals surface area contributed by atoms with Crippen molar-refractivity contribution in [1.29, 1.82) is 0 Å². The van der Waals surface area contributed by atoms with Crippen LogP contribution < -0.4 is 48.0 Å². The predicted molar refractivity (Wildman–Crippen MR) is 7.12 cm³/mol. The maximum Gasteiger partial charge on any atom is 2.00 e. The number of rotatable bonds is 0. The quantitative estimate of drug-likeness (QED) is 0.317.